The first-order chi connectivity index (χ1) is 5.34. The van der Waals surface area contributed by atoms with Crippen LogP contribution in [-0.4, -0.2) is 28.6 Å². The van der Waals surface area contributed by atoms with Crippen molar-refractivity contribution >= 4 is 23.5 Å². The molecule has 2 unspecified atom stereocenters. The molecule has 1 aliphatic rings. The fourth-order valence-corrected chi connectivity index (χ4v) is 3.93. The van der Waals surface area contributed by atoms with Crippen molar-refractivity contribution in [3.8, 4) is 0 Å². The first-order valence-electron chi connectivity index (χ1n) is 3.90. The molecule has 0 aromatic carbocycles. The zero-order chi connectivity index (χ0) is 8.10. The maximum Gasteiger partial charge on any atom is 0.0292 e. The molecule has 1 aliphatic heterocycles. The highest BCUT2D eigenvalue weighted by atomic mass is 32.2. The van der Waals surface area contributed by atoms with Crippen LogP contribution in [0.2, 0.25) is 0 Å². The van der Waals surface area contributed by atoms with E-state index in [4.69, 9.17) is 5.73 Å². The van der Waals surface area contributed by atoms with E-state index >= 15 is 0 Å². The summed E-state index contributed by atoms with van der Waals surface area (Å²) >= 11 is 4.04. The van der Waals surface area contributed by atoms with Crippen molar-refractivity contribution < 1.29 is 0 Å². The summed E-state index contributed by atoms with van der Waals surface area (Å²) in [6, 6.07) is 0.324. The van der Waals surface area contributed by atoms with Gasteiger partial charge in [0.2, 0.25) is 0 Å². The van der Waals surface area contributed by atoms with E-state index in [0.717, 1.165) is 6.42 Å². The quantitative estimate of drug-likeness (QED) is 0.685. The van der Waals surface area contributed by atoms with Crippen molar-refractivity contribution in [2.75, 3.05) is 17.3 Å². The van der Waals surface area contributed by atoms with Gasteiger partial charge in [-0.3, -0.25) is 0 Å². The number of nitrogens with two attached hydrogens (primary N) is 1. The molecule has 2 N–H and O–H groups in total. The lowest BCUT2D eigenvalue weighted by atomic mass is 10.2. The Kier molecular flexibility index (Phi) is 4.41. The van der Waals surface area contributed by atoms with Crippen LogP contribution in [0, 0.1) is 0 Å². The molecule has 1 heterocycles. The second-order valence-electron chi connectivity index (χ2n) is 2.67. The van der Waals surface area contributed by atoms with Gasteiger partial charge < -0.3 is 5.73 Å². The van der Waals surface area contributed by atoms with Crippen molar-refractivity contribution in [3.63, 3.8) is 0 Å². The third kappa shape index (κ3) is 3.09. The molecular formula is C8H15NS2. The lowest BCUT2D eigenvalue weighted by Gasteiger charge is -2.25. The number of rotatable bonds is 3. The lowest BCUT2D eigenvalue weighted by Crippen LogP contribution is -2.35. The maximum absolute atomic E-state index is 5.95. The van der Waals surface area contributed by atoms with Crippen LogP contribution in [0.3, 0.4) is 0 Å². The number of hydrogen-bond donors (Lipinski definition) is 1. The van der Waals surface area contributed by atoms with Crippen molar-refractivity contribution in [3.05, 3.63) is 12.7 Å². The third-order valence-corrected chi connectivity index (χ3v) is 4.70. The molecular weight excluding hydrogens is 174 g/mol. The van der Waals surface area contributed by atoms with E-state index in [2.05, 4.69) is 6.58 Å². The first kappa shape index (κ1) is 9.49. The van der Waals surface area contributed by atoms with Gasteiger partial charge in [0.15, 0.2) is 0 Å². The van der Waals surface area contributed by atoms with Crippen LogP contribution in [0.15, 0.2) is 12.7 Å². The molecule has 1 nitrogen and oxygen atoms in total. The highest BCUT2D eigenvalue weighted by molar-refractivity contribution is 8.06. The molecule has 0 spiro atoms. The van der Waals surface area contributed by atoms with Crippen LogP contribution in [0.25, 0.3) is 0 Å². The summed E-state index contributed by atoms with van der Waals surface area (Å²) in [6.45, 7) is 3.70. The van der Waals surface area contributed by atoms with E-state index in [1.807, 2.05) is 29.6 Å². The zero-order valence-corrected chi connectivity index (χ0v) is 8.29. The van der Waals surface area contributed by atoms with Crippen molar-refractivity contribution in [2.45, 2.75) is 17.7 Å². The van der Waals surface area contributed by atoms with E-state index in [1.165, 1.54) is 17.3 Å². The summed E-state index contributed by atoms with van der Waals surface area (Å²) in [5, 5.41) is 0.659. The molecule has 11 heavy (non-hydrogen) atoms. The van der Waals surface area contributed by atoms with Gasteiger partial charge in [0.05, 0.1) is 0 Å². The van der Waals surface area contributed by atoms with Crippen molar-refractivity contribution in [1.29, 1.82) is 0 Å². The molecule has 1 saturated heterocycles. The van der Waals surface area contributed by atoms with Gasteiger partial charge in [-0.15, -0.1) is 6.58 Å². The van der Waals surface area contributed by atoms with Crippen LogP contribution in [-0.2, 0) is 0 Å². The summed E-state index contributed by atoms with van der Waals surface area (Å²) in [7, 11) is 0. The van der Waals surface area contributed by atoms with Crippen LogP contribution in [0.5, 0.6) is 0 Å². The summed E-state index contributed by atoms with van der Waals surface area (Å²) in [6.07, 6.45) is 2.88. The first-order valence-corrected chi connectivity index (χ1v) is 6.10. The smallest absolute Gasteiger partial charge is 0.0292 e. The van der Waals surface area contributed by atoms with Gasteiger partial charge >= 0.3 is 0 Å². The molecule has 0 aliphatic carbocycles. The van der Waals surface area contributed by atoms with Gasteiger partial charge in [-0.2, -0.15) is 23.5 Å². The molecule has 0 saturated carbocycles. The molecule has 0 aromatic heterocycles. The Morgan fingerprint density at radius 2 is 2.45 bits per heavy atom. The minimum absolute atomic E-state index is 0.324. The lowest BCUT2D eigenvalue weighted by molar-refractivity contribution is 0.678. The average Bonchev–Trinajstić information content (AvgIpc) is 2.07. The normalized spacial score (nSPS) is 27.9. The van der Waals surface area contributed by atoms with E-state index in [-0.39, 0.29) is 0 Å². The SMILES string of the molecule is C=CCC(N)C1CSCCS1. The van der Waals surface area contributed by atoms with Crippen molar-refractivity contribution in [2.24, 2.45) is 5.73 Å². The Bertz CT molecular complexity index is 121. The standard InChI is InChI=1S/C8H15NS2/c1-2-3-7(9)8-6-10-4-5-11-8/h2,7-8H,1,3-6,9H2. The highest BCUT2D eigenvalue weighted by Crippen LogP contribution is 2.26. The molecule has 0 radical (unpaired) electrons. The van der Waals surface area contributed by atoms with Crippen LogP contribution in [0.1, 0.15) is 6.42 Å². The molecule has 64 valence electrons. The average molecular weight is 189 g/mol. The van der Waals surface area contributed by atoms with Crippen LogP contribution in [0.4, 0.5) is 0 Å². The van der Waals surface area contributed by atoms with E-state index < -0.39 is 0 Å². The molecule has 2 atom stereocenters. The van der Waals surface area contributed by atoms with Gasteiger partial charge in [-0.05, 0) is 6.42 Å². The highest BCUT2D eigenvalue weighted by Gasteiger charge is 2.19. The fourth-order valence-electron chi connectivity index (χ4n) is 1.10. The van der Waals surface area contributed by atoms with Gasteiger partial charge in [-0.1, -0.05) is 6.08 Å². The number of thioether (sulfide) groups is 2. The monoisotopic (exact) mass is 189 g/mol. The third-order valence-electron chi connectivity index (χ3n) is 1.76. The van der Waals surface area contributed by atoms with Crippen molar-refractivity contribution in [1.82, 2.24) is 0 Å². The van der Waals surface area contributed by atoms with Gasteiger partial charge in [0.25, 0.3) is 0 Å². The van der Waals surface area contributed by atoms with Gasteiger partial charge in [-0.25, -0.2) is 0 Å². The molecule has 0 aromatic rings. The minimum atomic E-state index is 0.324. The molecule has 0 bridgehead atoms. The Balaban J connectivity index is 2.26. The zero-order valence-electron chi connectivity index (χ0n) is 6.66. The minimum Gasteiger partial charge on any atom is -0.326 e. The predicted octanol–water partition coefficient (Wildman–Crippen LogP) is 1.74. The summed E-state index contributed by atoms with van der Waals surface area (Å²) in [5.41, 5.74) is 5.95. The van der Waals surface area contributed by atoms with Gasteiger partial charge in [0.1, 0.15) is 0 Å². The Morgan fingerprint density at radius 3 is 3.00 bits per heavy atom. The predicted molar refractivity (Wildman–Crippen MR) is 56.4 cm³/mol. The fraction of sp³-hybridized carbons (Fsp3) is 0.750. The van der Waals surface area contributed by atoms with E-state index in [0.29, 0.717) is 11.3 Å². The van der Waals surface area contributed by atoms with E-state index in [1.54, 1.807) is 0 Å². The number of hydrogen-bond acceptors (Lipinski definition) is 3. The Labute approximate surface area is 77.2 Å². The largest absolute Gasteiger partial charge is 0.326 e. The maximum atomic E-state index is 5.95. The summed E-state index contributed by atoms with van der Waals surface area (Å²) in [5.74, 6) is 3.78. The Morgan fingerprint density at radius 1 is 1.64 bits per heavy atom. The molecule has 0 amide bonds. The summed E-state index contributed by atoms with van der Waals surface area (Å²) < 4.78 is 0. The Hall–Kier alpha value is 0.400. The molecule has 1 fully saturated rings. The summed E-state index contributed by atoms with van der Waals surface area (Å²) in [4.78, 5) is 0. The van der Waals surface area contributed by atoms with Gasteiger partial charge in [0, 0.05) is 28.6 Å². The topological polar surface area (TPSA) is 26.0 Å². The molecule has 3 heteroatoms. The van der Waals surface area contributed by atoms with Crippen LogP contribution < -0.4 is 5.73 Å². The van der Waals surface area contributed by atoms with E-state index in [9.17, 15) is 0 Å². The molecule has 1 rings (SSSR count). The van der Waals surface area contributed by atoms with Crippen LogP contribution >= 0.6 is 23.5 Å². The second kappa shape index (κ2) is 5.12. The second-order valence-corrected chi connectivity index (χ2v) is 5.17.